The van der Waals surface area contributed by atoms with Crippen LogP contribution in [0.25, 0.3) is 0 Å². The molecule has 0 aliphatic rings. The molecule has 2 aromatic rings. The van der Waals surface area contributed by atoms with Gasteiger partial charge in [-0.25, -0.2) is 13.1 Å². The maximum Gasteiger partial charge on any atom is 0.241 e. The van der Waals surface area contributed by atoms with E-state index < -0.39 is 10.0 Å². The van der Waals surface area contributed by atoms with Gasteiger partial charge in [0.2, 0.25) is 15.9 Å². The predicted molar refractivity (Wildman–Crippen MR) is 76.0 cm³/mol. The molecule has 0 saturated heterocycles. The Hall–Kier alpha value is -2.13. The Morgan fingerprint density at radius 1 is 1.43 bits per heavy atom. The molecule has 1 aromatic heterocycles. The normalized spacial score (nSPS) is 11.5. The summed E-state index contributed by atoms with van der Waals surface area (Å²) >= 11 is 0. The lowest BCUT2D eigenvalue weighted by molar-refractivity contribution is 0.339. The van der Waals surface area contributed by atoms with Crippen molar-refractivity contribution >= 4 is 15.7 Å². The van der Waals surface area contributed by atoms with Crippen LogP contribution >= 0.6 is 0 Å². The molecule has 0 spiro atoms. The zero-order valence-corrected chi connectivity index (χ0v) is 12.3. The molecular weight excluding hydrogens is 296 g/mol. The first-order valence-corrected chi connectivity index (χ1v) is 7.85. The van der Waals surface area contributed by atoms with Crippen molar-refractivity contribution in [2.75, 3.05) is 18.1 Å². The number of nitrogens with two attached hydrogens (primary N) is 1. The molecule has 1 aromatic carbocycles. The minimum absolute atomic E-state index is 0.0155. The molecule has 0 saturated carbocycles. The van der Waals surface area contributed by atoms with Crippen LogP contribution in [0.4, 0.5) is 5.69 Å². The van der Waals surface area contributed by atoms with Crippen molar-refractivity contribution in [3.05, 3.63) is 36.0 Å². The molecule has 21 heavy (non-hydrogen) atoms. The molecule has 0 amide bonds. The maximum absolute atomic E-state index is 11.8. The summed E-state index contributed by atoms with van der Waals surface area (Å²) in [7, 11) is -3.48. The third-order valence-corrected chi connectivity index (χ3v) is 3.78. The minimum Gasteiger partial charge on any atom is -0.492 e. The number of nitrogens with one attached hydrogen (secondary N) is 1. The molecule has 0 fully saturated rings. The molecule has 2 rings (SSSR count). The number of hydrogen-bond acceptors (Lipinski definition) is 7. The zero-order chi connectivity index (χ0) is 15.3. The average molecular weight is 312 g/mol. The van der Waals surface area contributed by atoms with Crippen molar-refractivity contribution in [1.29, 1.82) is 0 Å². The molecule has 9 heteroatoms. The average Bonchev–Trinajstić information content (AvgIpc) is 2.82. The van der Waals surface area contributed by atoms with Gasteiger partial charge in [0.25, 0.3) is 0 Å². The monoisotopic (exact) mass is 312 g/mol. The number of benzene rings is 1. The van der Waals surface area contributed by atoms with Crippen molar-refractivity contribution in [3.8, 4) is 5.75 Å². The predicted octanol–water partition coefficient (Wildman–Crippen LogP) is 0.459. The second-order valence-electron chi connectivity index (χ2n) is 4.30. The largest absolute Gasteiger partial charge is 0.492 e. The molecule has 0 atom stereocenters. The number of aryl methyl sites for hydroxylation is 1. The van der Waals surface area contributed by atoms with Crippen molar-refractivity contribution in [1.82, 2.24) is 14.9 Å². The van der Waals surface area contributed by atoms with Crippen molar-refractivity contribution in [2.24, 2.45) is 0 Å². The van der Waals surface area contributed by atoms with Crippen LogP contribution in [-0.2, 0) is 16.6 Å². The topological polar surface area (TPSA) is 120 Å². The smallest absolute Gasteiger partial charge is 0.241 e. The minimum atomic E-state index is -3.48. The standard InChI is InChI=1S/C12H16N4O4S/c1-9-15-12(20-16-9)8-14-21(17,18)6-5-19-11-4-2-3-10(13)7-11/h2-4,7,14H,5-6,8,13H2,1H3. The van der Waals surface area contributed by atoms with Gasteiger partial charge in [-0.3, -0.25) is 0 Å². The highest BCUT2D eigenvalue weighted by atomic mass is 32.2. The molecule has 1 heterocycles. The number of anilines is 1. The van der Waals surface area contributed by atoms with E-state index in [9.17, 15) is 8.42 Å². The summed E-state index contributed by atoms with van der Waals surface area (Å²) in [4.78, 5) is 3.90. The van der Waals surface area contributed by atoms with Gasteiger partial charge in [-0.15, -0.1) is 0 Å². The van der Waals surface area contributed by atoms with E-state index in [1.807, 2.05) is 0 Å². The van der Waals surface area contributed by atoms with Crippen LogP contribution in [0.1, 0.15) is 11.7 Å². The Labute approximate surface area is 122 Å². The fourth-order valence-corrected chi connectivity index (χ4v) is 2.32. The number of ether oxygens (including phenoxy) is 1. The molecule has 3 N–H and O–H groups in total. The molecule has 0 bridgehead atoms. The summed E-state index contributed by atoms with van der Waals surface area (Å²) in [6.45, 7) is 1.63. The highest BCUT2D eigenvalue weighted by molar-refractivity contribution is 7.89. The van der Waals surface area contributed by atoms with Gasteiger partial charge in [-0.05, 0) is 19.1 Å². The Morgan fingerprint density at radius 2 is 2.24 bits per heavy atom. The highest BCUT2D eigenvalue weighted by Crippen LogP contribution is 2.14. The van der Waals surface area contributed by atoms with Crippen LogP contribution < -0.4 is 15.2 Å². The Balaban J connectivity index is 1.78. The molecular formula is C12H16N4O4S. The molecule has 0 radical (unpaired) electrons. The van der Waals surface area contributed by atoms with Crippen molar-refractivity contribution in [2.45, 2.75) is 13.5 Å². The lowest BCUT2D eigenvalue weighted by Gasteiger charge is -2.07. The summed E-state index contributed by atoms with van der Waals surface area (Å²) < 4.78 is 36.0. The number of nitrogens with zero attached hydrogens (tertiary/aromatic N) is 2. The number of aromatic nitrogens is 2. The van der Waals surface area contributed by atoms with Crippen molar-refractivity contribution in [3.63, 3.8) is 0 Å². The second kappa shape index (κ2) is 6.55. The number of nitrogen functional groups attached to an aromatic ring is 1. The first-order valence-electron chi connectivity index (χ1n) is 6.19. The van der Waals surface area contributed by atoms with E-state index in [4.69, 9.17) is 15.0 Å². The van der Waals surface area contributed by atoms with Gasteiger partial charge in [0.15, 0.2) is 5.82 Å². The van der Waals surface area contributed by atoms with E-state index in [0.29, 0.717) is 17.3 Å². The van der Waals surface area contributed by atoms with Crippen molar-refractivity contribution < 1.29 is 17.7 Å². The lowest BCUT2D eigenvalue weighted by Crippen LogP contribution is -2.28. The van der Waals surface area contributed by atoms with Gasteiger partial charge in [0.1, 0.15) is 12.4 Å². The summed E-state index contributed by atoms with van der Waals surface area (Å²) in [6, 6.07) is 6.78. The number of hydrogen-bond donors (Lipinski definition) is 2. The number of rotatable bonds is 7. The number of sulfonamides is 1. The first-order chi connectivity index (χ1) is 9.94. The van der Waals surface area contributed by atoms with E-state index >= 15 is 0 Å². The van der Waals surface area contributed by atoms with Crippen LogP contribution in [0.2, 0.25) is 0 Å². The zero-order valence-electron chi connectivity index (χ0n) is 11.4. The third kappa shape index (κ3) is 5.04. The maximum atomic E-state index is 11.8. The third-order valence-electron chi connectivity index (χ3n) is 2.49. The van der Waals surface area contributed by atoms with Gasteiger partial charge < -0.3 is 15.0 Å². The van der Waals surface area contributed by atoms with Crippen LogP contribution in [0.15, 0.2) is 28.8 Å². The fourth-order valence-electron chi connectivity index (χ4n) is 1.53. The van der Waals surface area contributed by atoms with Gasteiger partial charge in [-0.2, -0.15) is 4.98 Å². The Kier molecular flexibility index (Phi) is 4.76. The van der Waals surface area contributed by atoms with Gasteiger partial charge >= 0.3 is 0 Å². The van der Waals surface area contributed by atoms with Gasteiger partial charge in [0, 0.05) is 11.8 Å². The highest BCUT2D eigenvalue weighted by Gasteiger charge is 2.12. The van der Waals surface area contributed by atoms with Crippen LogP contribution in [0.3, 0.4) is 0 Å². The van der Waals surface area contributed by atoms with Crippen LogP contribution in [0, 0.1) is 6.92 Å². The lowest BCUT2D eigenvalue weighted by atomic mass is 10.3. The summed E-state index contributed by atoms with van der Waals surface area (Å²) in [5.41, 5.74) is 6.15. The van der Waals surface area contributed by atoms with E-state index in [-0.39, 0.29) is 24.8 Å². The SMILES string of the molecule is Cc1noc(CNS(=O)(=O)CCOc2cccc(N)c2)n1. The van der Waals surface area contributed by atoms with Crippen LogP contribution in [-0.4, -0.2) is 30.9 Å². The molecule has 0 aliphatic heterocycles. The van der Waals surface area contributed by atoms with E-state index in [0.717, 1.165) is 0 Å². The summed E-state index contributed by atoms with van der Waals surface area (Å²) in [6.07, 6.45) is 0. The molecule has 0 unspecified atom stereocenters. The second-order valence-corrected chi connectivity index (χ2v) is 6.22. The molecule has 0 aliphatic carbocycles. The fraction of sp³-hybridized carbons (Fsp3) is 0.333. The summed E-state index contributed by atoms with van der Waals surface area (Å²) in [5, 5.41) is 3.57. The van der Waals surface area contributed by atoms with Crippen LogP contribution in [0.5, 0.6) is 5.75 Å². The summed E-state index contributed by atoms with van der Waals surface area (Å²) in [5.74, 6) is 1.01. The van der Waals surface area contributed by atoms with E-state index in [1.54, 1.807) is 31.2 Å². The molecule has 114 valence electrons. The van der Waals surface area contributed by atoms with Gasteiger partial charge in [0.05, 0.1) is 12.3 Å². The first kappa shape index (κ1) is 15.3. The molecule has 8 nitrogen and oxygen atoms in total. The van der Waals surface area contributed by atoms with E-state index in [1.165, 1.54) is 0 Å². The quantitative estimate of drug-likeness (QED) is 0.712. The van der Waals surface area contributed by atoms with Gasteiger partial charge in [-0.1, -0.05) is 11.2 Å². The Bertz CT molecular complexity index is 699. The van der Waals surface area contributed by atoms with E-state index in [2.05, 4.69) is 14.9 Å². The Morgan fingerprint density at radius 3 is 2.90 bits per heavy atom.